The van der Waals surface area contributed by atoms with Gasteiger partial charge in [-0.1, -0.05) is 19.1 Å². The van der Waals surface area contributed by atoms with E-state index in [4.69, 9.17) is 0 Å². The van der Waals surface area contributed by atoms with Crippen molar-refractivity contribution in [3.8, 4) is 0 Å². The zero-order chi connectivity index (χ0) is 13.0. The maximum Gasteiger partial charge on any atom is 0.137 e. The Morgan fingerprint density at radius 1 is 1.50 bits per heavy atom. The number of halogens is 2. The normalized spacial score (nSPS) is 12.6. The summed E-state index contributed by atoms with van der Waals surface area (Å²) in [6.45, 7) is 2.87. The molecule has 0 saturated heterocycles. The number of aromatic amines is 1. The largest absolute Gasteiger partial charge is 0.347 e. The zero-order valence-electron chi connectivity index (χ0n) is 10.1. The van der Waals surface area contributed by atoms with Crippen molar-refractivity contribution in [2.24, 2.45) is 0 Å². The molecule has 2 rings (SSSR count). The Labute approximate surface area is 114 Å². The Balaban J connectivity index is 2.21. The van der Waals surface area contributed by atoms with Gasteiger partial charge in [0.2, 0.25) is 0 Å². The minimum Gasteiger partial charge on any atom is -0.347 e. The van der Waals surface area contributed by atoms with Crippen molar-refractivity contribution >= 4 is 15.9 Å². The van der Waals surface area contributed by atoms with E-state index in [9.17, 15) is 4.39 Å². The van der Waals surface area contributed by atoms with Gasteiger partial charge in [-0.05, 0) is 40.5 Å². The average Bonchev–Trinajstić information content (AvgIpc) is 2.88. The molecule has 0 aliphatic carbocycles. The number of likely N-dealkylation sites (N-methyl/N-ethyl adjacent to an activating group) is 1. The quantitative estimate of drug-likeness (QED) is 0.890. The molecule has 0 aliphatic rings. The summed E-state index contributed by atoms with van der Waals surface area (Å²) in [5.74, 6) is 0.634. The monoisotopic (exact) mass is 311 g/mol. The Kier molecular flexibility index (Phi) is 4.49. The summed E-state index contributed by atoms with van der Waals surface area (Å²) in [5.41, 5.74) is 0.928. The predicted molar refractivity (Wildman–Crippen MR) is 72.8 cm³/mol. The molecule has 1 heterocycles. The lowest BCUT2D eigenvalue weighted by Gasteiger charge is -2.16. The third-order valence-electron chi connectivity index (χ3n) is 2.76. The van der Waals surface area contributed by atoms with E-state index in [1.165, 1.54) is 6.07 Å². The maximum absolute atomic E-state index is 13.5. The van der Waals surface area contributed by atoms with Crippen molar-refractivity contribution in [1.82, 2.24) is 15.3 Å². The van der Waals surface area contributed by atoms with E-state index in [0.29, 0.717) is 10.9 Å². The van der Waals surface area contributed by atoms with Crippen molar-refractivity contribution in [3.05, 3.63) is 52.3 Å². The van der Waals surface area contributed by atoms with Crippen molar-refractivity contribution in [2.75, 3.05) is 6.54 Å². The highest BCUT2D eigenvalue weighted by atomic mass is 79.9. The number of aromatic nitrogens is 2. The minimum atomic E-state index is -0.234. The molecular formula is C13H15BrFN3. The molecule has 0 fully saturated rings. The number of benzene rings is 1. The van der Waals surface area contributed by atoms with Gasteiger partial charge in [0.25, 0.3) is 0 Å². The fourth-order valence-corrected chi connectivity index (χ4v) is 2.33. The van der Waals surface area contributed by atoms with Gasteiger partial charge < -0.3 is 10.3 Å². The Hall–Kier alpha value is -1.20. The molecule has 0 amide bonds. The molecule has 1 unspecified atom stereocenters. The van der Waals surface area contributed by atoms with E-state index >= 15 is 0 Å². The van der Waals surface area contributed by atoms with Crippen LogP contribution in [0.25, 0.3) is 0 Å². The van der Waals surface area contributed by atoms with E-state index in [0.717, 1.165) is 17.9 Å². The second kappa shape index (κ2) is 6.11. The summed E-state index contributed by atoms with van der Waals surface area (Å²) in [5, 5.41) is 3.34. The van der Waals surface area contributed by atoms with Gasteiger partial charge in [-0.3, -0.25) is 0 Å². The lowest BCUT2D eigenvalue weighted by molar-refractivity contribution is 0.522. The van der Waals surface area contributed by atoms with Crippen LogP contribution in [0, 0.1) is 5.82 Å². The fraction of sp³-hybridized carbons (Fsp3) is 0.308. The Morgan fingerprint density at radius 3 is 3.00 bits per heavy atom. The Morgan fingerprint density at radius 2 is 2.33 bits per heavy atom. The smallest absolute Gasteiger partial charge is 0.137 e. The average molecular weight is 312 g/mol. The minimum absolute atomic E-state index is 0.0584. The molecule has 18 heavy (non-hydrogen) atoms. The number of nitrogens with zero attached hydrogens (tertiary/aromatic N) is 1. The van der Waals surface area contributed by atoms with Crippen LogP contribution in [0.5, 0.6) is 0 Å². The van der Waals surface area contributed by atoms with Gasteiger partial charge in [-0.25, -0.2) is 9.37 Å². The predicted octanol–water partition coefficient (Wildman–Crippen LogP) is 3.20. The molecule has 0 spiro atoms. The molecule has 0 saturated carbocycles. The highest BCUT2D eigenvalue weighted by Gasteiger charge is 2.16. The third kappa shape index (κ3) is 2.97. The first-order chi connectivity index (χ1) is 8.72. The summed E-state index contributed by atoms with van der Waals surface area (Å²) < 4.78 is 14.0. The van der Waals surface area contributed by atoms with Crippen LogP contribution in [-0.2, 0) is 6.42 Å². The Bertz CT molecular complexity index is 499. The fourth-order valence-electron chi connectivity index (χ4n) is 1.91. The molecule has 0 radical (unpaired) electrons. The van der Waals surface area contributed by atoms with Crippen molar-refractivity contribution in [1.29, 1.82) is 0 Å². The van der Waals surface area contributed by atoms with Crippen LogP contribution in [0.1, 0.15) is 24.4 Å². The van der Waals surface area contributed by atoms with Crippen molar-refractivity contribution in [2.45, 2.75) is 19.4 Å². The molecule has 1 aromatic heterocycles. The second-order valence-electron chi connectivity index (χ2n) is 4.00. The van der Waals surface area contributed by atoms with Gasteiger partial charge in [0.15, 0.2) is 0 Å². The number of rotatable bonds is 5. The van der Waals surface area contributed by atoms with Crippen LogP contribution in [0.4, 0.5) is 4.39 Å². The molecular weight excluding hydrogens is 297 g/mol. The second-order valence-corrected chi connectivity index (χ2v) is 4.79. The van der Waals surface area contributed by atoms with Crippen LogP contribution in [0.15, 0.2) is 35.1 Å². The SMILES string of the molecule is CCNC(Cc1cccc(F)c1Br)c1ncc[nH]1. The third-order valence-corrected chi connectivity index (χ3v) is 3.64. The van der Waals surface area contributed by atoms with Crippen molar-refractivity contribution in [3.63, 3.8) is 0 Å². The standard InChI is InChI=1S/C13H15BrFN3/c1-2-16-11(13-17-6-7-18-13)8-9-4-3-5-10(15)12(9)14/h3-7,11,16H,2,8H2,1H3,(H,17,18). The topological polar surface area (TPSA) is 40.7 Å². The molecule has 0 bridgehead atoms. The van der Waals surface area contributed by atoms with Crippen LogP contribution < -0.4 is 5.32 Å². The van der Waals surface area contributed by atoms with E-state index in [2.05, 4.69) is 31.2 Å². The van der Waals surface area contributed by atoms with Crippen molar-refractivity contribution < 1.29 is 4.39 Å². The molecule has 3 nitrogen and oxygen atoms in total. The van der Waals surface area contributed by atoms with Gasteiger partial charge in [-0.15, -0.1) is 0 Å². The van der Waals surface area contributed by atoms with Crippen LogP contribution >= 0.6 is 15.9 Å². The molecule has 96 valence electrons. The number of hydrogen-bond donors (Lipinski definition) is 2. The molecule has 1 aromatic carbocycles. The number of H-pyrrole nitrogens is 1. The van der Waals surface area contributed by atoms with Gasteiger partial charge in [-0.2, -0.15) is 0 Å². The van der Waals surface area contributed by atoms with E-state index in [-0.39, 0.29) is 11.9 Å². The molecule has 2 N–H and O–H groups in total. The number of imidazole rings is 1. The molecule has 2 aromatic rings. The molecule has 5 heteroatoms. The van der Waals surface area contributed by atoms with Crippen LogP contribution in [0.2, 0.25) is 0 Å². The lowest BCUT2D eigenvalue weighted by atomic mass is 10.1. The van der Waals surface area contributed by atoms with Crippen LogP contribution in [0.3, 0.4) is 0 Å². The van der Waals surface area contributed by atoms with Crippen LogP contribution in [-0.4, -0.2) is 16.5 Å². The van der Waals surface area contributed by atoms with Gasteiger partial charge in [0, 0.05) is 12.4 Å². The first-order valence-electron chi connectivity index (χ1n) is 5.88. The van der Waals surface area contributed by atoms with E-state index in [1.807, 2.05) is 13.0 Å². The van der Waals surface area contributed by atoms with Gasteiger partial charge in [0.1, 0.15) is 11.6 Å². The highest BCUT2D eigenvalue weighted by Crippen LogP contribution is 2.24. The van der Waals surface area contributed by atoms with E-state index < -0.39 is 0 Å². The summed E-state index contributed by atoms with van der Waals surface area (Å²) >= 11 is 3.29. The molecule has 0 aliphatic heterocycles. The lowest BCUT2D eigenvalue weighted by Crippen LogP contribution is -2.24. The summed E-state index contributed by atoms with van der Waals surface area (Å²) in [4.78, 5) is 7.35. The summed E-state index contributed by atoms with van der Waals surface area (Å²) in [7, 11) is 0. The zero-order valence-corrected chi connectivity index (χ0v) is 11.7. The molecule has 1 atom stereocenters. The number of hydrogen-bond acceptors (Lipinski definition) is 2. The first kappa shape index (κ1) is 13.2. The van der Waals surface area contributed by atoms with E-state index in [1.54, 1.807) is 18.5 Å². The maximum atomic E-state index is 13.5. The summed E-state index contributed by atoms with van der Waals surface area (Å²) in [6, 6.07) is 5.15. The first-order valence-corrected chi connectivity index (χ1v) is 6.67. The highest BCUT2D eigenvalue weighted by molar-refractivity contribution is 9.10. The van der Waals surface area contributed by atoms with Gasteiger partial charge >= 0.3 is 0 Å². The summed E-state index contributed by atoms with van der Waals surface area (Å²) in [6.07, 6.45) is 4.19. The van der Waals surface area contributed by atoms with Gasteiger partial charge in [0.05, 0.1) is 10.5 Å². The number of nitrogens with one attached hydrogen (secondary N) is 2.